The van der Waals surface area contributed by atoms with Crippen molar-refractivity contribution < 1.29 is 23.5 Å². The van der Waals surface area contributed by atoms with E-state index in [4.69, 9.17) is 0 Å². The number of rotatable bonds is 13. The van der Waals surface area contributed by atoms with Crippen LogP contribution in [0, 0.1) is 19.8 Å². The van der Waals surface area contributed by atoms with Gasteiger partial charge in [-0.05, 0) is 92.0 Å². The minimum Gasteiger partial charge on any atom is -0.481 e. The van der Waals surface area contributed by atoms with Crippen LogP contribution >= 0.6 is 11.3 Å². The zero-order valence-corrected chi connectivity index (χ0v) is 25.2. The van der Waals surface area contributed by atoms with E-state index in [0.29, 0.717) is 24.1 Å². The van der Waals surface area contributed by atoms with Crippen molar-refractivity contribution in [3.05, 3.63) is 80.1 Å². The van der Waals surface area contributed by atoms with Gasteiger partial charge in [0, 0.05) is 17.6 Å². The molecule has 0 aliphatic heterocycles. The van der Waals surface area contributed by atoms with Crippen LogP contribution in [0.4, 0.5) is 8.78 Å². The number of carbonyl (C=O) groups is 2. The molecule has 41 heavy (non-hydrogen) atoms. The number of likely N-dealkylation sites (N-methyl/N-ethyl adjacent to an activating group) is 1. The Balaban J connectivity index is 2.02. The smallest absolute Gasteiger partial charge is 0.305 e. The van der Waals surface area contributed by atoms with E-state index in [1.807, 2.05) is 76.3 Å². The molecular weight excluding hydrogens is 548 g/mol. The topological polar surface area (TPSA) is 91.6 Å². The summed E-state index contributed by atoms with van der Waals surface area (Å²) in [7, 11) is 3.72. The van der Waals surface area contributed by atoms with E-state index < -0.39 is 41.5 Å². The summed E-state index contributed by atoms with van der Waals surface area (Å²) in [6.45, 7) is 8.34. The number of aromatic nitrogens is 1. The second kappa shape index (κ2) is 14.0. The Hall–Kier alpha value is -3.37. The van der Waals surface area contributed by atoms with Crippen molar-refractivity contribution in [1.29, 1.82) is 0 Å². The molecule has 7 nitrogen and oxygen atoms in total. The molecule has 222 valence electrons. The number of hydrogen-bond acceptors (Lipinski definition) is 5. The molecule has 1 aromatic carbocycles. The van der Waals surface area contributed by atoms with Crippen LogP contribution in [0.1, 0.15) is 73.0 Å². The number of nitrogens with zero attached hydrogens (tertiary/aromatic N) is 2. The second-order valence-electron chi connectivity index (χ2n) is 11.2. The van der Waals surface area contributed by atoms with Crippen molar-refractivity contribution in [1.82, 2.24) is 14.8 Å². The number of nitrogens with one attached hydrogen (secondary N) is 1. The third-order valence-electron chi connectivity index (χ3n) is 6.99. The highest BCUT2D eigenvalue weighted by molar-refractivity contribution is 7.13. The Kier molecular flexibility index (Phi) is 11.0. The van der Waals surface area contributed by atoms with E-state index in [1.54, 1.807) is 0 Å². The molecular formula is C31H39F2N3O4S. The number of thiophene rings is 1. The van der Waals surface area contributed by atoms with Crippen molar-refractivity contribution in [3.63, 3.8) is 0 Å². The van der Waals surface area contributed by atoms with E-state index in [2.05, 4.69) is 5.32 Å². The quantitative estimate of drug-likeness (QED) is 0.250. The summed E-state index contributed by atoms with van der Waals surface area (Å²) in [4.78, 5) is 41.6. The summed E-state index contributed by atoms with van der Waals surface area (Å²) < 4.78 is 28.9. The molecule has 2 heterocycles. The summed E-state index contributed by atoms with van der Waals surface area (Å²) in [5, 5.41) is 14.3. The molecule has 0 fully saturated rings. The molecule has 1 amide bonds. The molecule has 0 bridgehead atoms. The van der Waals surface area contributed by atoms with Gasteiger partial charge >= 0.3 is 5.97 Å². The van der Waals surface area contributed by atoms with E-state index in [-0.39, 0.29) is 18.8 Å². The number of carboxylic acids is 1. The molecule has 0 radical (unpaired) electrons. The fraction of sp³-hybridized carbons (Fsp3) is 0.452. The Morgan fingerprint density at radius 2 is 1.78 bits per heavy atom. The van der Waals surface area contributed by atoms with Gasteiger partial charge in [-0.2, -0.15) is 0 Å². The molecule has 2 atom stereocenters. The third-order valence-corrected chi connectivity index (χ3v) is 7.95. The number of halogens is 2. The third kappa shape index (κ3) is 8.33. The minimum atomic E-state index is -3.00. The Morgan fingerprint density at radius 3 is 2.34 bits per heavy atom. The summed E-state index contributed by atoms with van der Waals surface area (Å²) >= 11 is 1.46. The Bertz CT molecular complexity index is 1410. The number of alkyl halides is 2. The number of aryl methyl sites for hydroxylation is 2. The lowest BCUT2D eigenvalue weighted by Crippen LogP contribution is -2.41. The second-order valence-corrected chi connectivity index (χ2v) is 12.1. The average molecular weight is 588 g/mol. The molecule has 0 unspecified atom stereocenters. The van der Waals surface area contributed by atoms with Gasteiger partial charge in [0.15, 0.2) is 0 Å². The maximum absolute atomic E-state index is 13.9. The van der Waals surface area contributed by atoms with E-state index >= 15 is 0 Å². The van der Waals surface area contributed by atoms with Crippen molar-refractivity contribution in [3.8, 4) is 10.4 Å². The minimum absolute atomic E-state index is 0.0483. The van der Waals surface area contributed by atoms with Crippen molar-refractivity contribution in [2.75, 3.05) is 20.6 Å². The first-order valence-corrected chi connectivity index (χ1v) is 14.5. The SMILES string of the molecule is Cc1cccc(C)c1-c1cc([C@@H](CC(=O)O)NC(=O)[C@H](CC(C)C)n2cc(CCN(C)C)cc(C(F)F)c2=O)cs1. The Labute approximate surface area is 243 Å². The van der Waals surface area contributed by atoms with Crippen LogP contribution in [-0.4, -0.2) is 47.1 Å². The van der Waals surface area contributed by atoms with Gasteiger partial charge in [-0.3, -0.25) is 14.4 Å². The average Bonchev–Trinajstić information content (AvgIpc) is 3.35. The summed E-state index contributed by atoms with van der Waals surface area (Å²) in [6.07, 6.45) is -1.25. The molecule has 2 N–H and O–H groups in total. The summed E-state index contributed by atoms with van der Waals surface area (Å²) in [6, 6.07) is 7.12. The van der Waals surface area contributed by atoms with Crippen molar-refractivity contribution in [2.45, 2.75) is 65.5 Å². The van der Waals surface area contributed by atoms with Gasteiger partial charge in [0.1, 0.15) is 6.04 Å². The number of benzene rings is 1. The van der Waals surface area contributed by atoms with Crippen molar-refractivity contribution >= 4 is 23.2 Å². The molecule has 0 saturated heterocycles. The summed E-state index contributed by atoms with van der Waals surface area (Å²) in [5.41, 5.74) is 2.80. The lowest BCUT2D eigenvalue weighted by Gasteiger charge is -2.25. The first-order valence-electron chi connectivity index (χ1n) is 13.6. The first kappa shape index (κ1) is 32.1. The predicted molar refractivity (Wildman–Crippen MR) is 159 cm³/mol. The largest absolute Gasteiger partial charge is 0.481 e. The molecule has 2 aromatic heterocycles. The van der Waals surface area contributed by atoms with Crippen LogP contribution in [0.25, 0.3) is 10.4 Å². The molecule has 3 aromatic rings. The number of carboxylic acid groups (broad SMARTS) is 1. The van der Waals surface area contributed by atoms with Crippen LogP contribution < -0.4 is 10.9 Å². The van der Waals surface area contributed by atoms with E-state index in [9.17, 15) is 28.3 Å². The van der Waals surface area contributed by atoms with E-state index in [1.165, 1.54) is 23.6 Å². The van der Waals surface area contributed by atoms with Gasteiger partial charge in [0.25, 0.3) is 12.0 Å². The van der Waals surface area contributed by atoms with Gasteiger partial charge in [-0.25, -0.2) is 8.78 Å². The standard InChI is InChI=1S/C31H39F2N3O4S/c1-18(2)12-25(36-16-21(10-11-35(5)6)13-23(29(32)33)31(36)40)30(39)34-24(15-27(37)38)22-14-26(41-17-22)28-19(3)8-7-9-20(28)4/h7-9,13-14,16-18,24-25,29H,10-12,15H2,1-6H3,(H,34,39)(H,37,38)/t24-,25+/m1/s1. The molecule has 10 heteroatoms. The highest BCUT2D eigenvalue weighted by Gasteiger charge is 2.29. The number of aliphatic carboxylic acids is 1. The van der Waals surface area contributed by atoms with Crippen molar-refractivity contribution in [2.24, 2.45) is 5.92 Å². The number of pyridine rings is 1. The van der Waals surface area contributed by atoms with Crippen LogP contribution in [0.15, 0.2) is 46.7 Å². The molecule has 0 spiro atoms. The van der Waals surface area contributed by atoms with Gasteiger partial charge in [-0.1, -0.05) is 32.0 Å². The zero-order valence-electron chi connectivity index (χ0n) is 24.4. The highest BCUT2D eigenvalue weighted by atomic mass is 32.1. The Morgan fingerprint density at radius 1 is 1.12 bits per heavy atom. The van der Waals surface area contributed by atoms with Crippen LogP contribution in [0.5, 0.6) is 0 Å². The first-order chi connectivity index (χ1) is 19.3. The monoisotopic (exact) mass is 587 g/mol. The molecule has 0 aliphatic rings. The van der Waals surface area contributed by atoms with Crippen LogP contribution in [-0.2, 0) is 16.0 Å². The molecule has 0 aliphatic carbocycles. The van der Waals surface area contributed by atoms with E-state index in [0.717, 1.165) is 26.1 Å². The normalized spacial score (nSPS) is 13.1. The van der Waals surface area contributed by atoms with Gasteiger partial charge in [-0.15, -0.1) is 11.3 Å². The lowest BCUT2D eigenvalue weighted by atomic mass is 9.98. The summed E-state index contributed by atoms with van der Waals surface area (Å²) in [5.74, 6) is -1.73. The number of hydrogen-bond donors (Lipinski definition) is 2. The molecule has 0 saturated carbocycles. The van der Waals surface area contributed by atoms with Gasteiger partial charge in [0.2, 0.25) is 5.91 Å². The number of amides is 1. The zero-order chi connectivity index (χ0) is 30.4. The fourth-order valence-electron chi connectivity index (χ4n) is 4.92. The van der Waals surface area contributed by atoms with Gasteiger partial charge < -0.3 is 19.9 Å². The highest BCUT2D eigenvalue weighted by Crippen LogP contribution is 2.35. The molecule has 3 rings (SSSR count). The maximum Gasteiger partial charge on any atom is 0.305 e. The fourth-order valence-corrected chi connectivity index (χ4v) is 6.06. The lowest BCUT2D eigenvalue weighted by molar-refractivity contribution is -0.138. The maximum atomic E-state index is 13.9. The predicted octanol–water partition coefficient (Wildman–Crippen LogP) is 6.15. The van der Waals surface area contributed by atoms with Crippen LogP contribution in [0.3, 0.4) is 0 Å². The van der Waals surface area contributed by atoms with Crippen LogP contribution in [0.2, 0.25) is 0 Å². The van der Waals surface area contributed by atoms with Gasteiger partial charge in [0.05, 0.1) is 18.0 Å². The number of carbonyl (C=O) groups excluding carboxylic acids is 1.